The molecule has 2 heterocycles. The lowest BCUT2D eigenvalue weighted by molar-refractivity contribution is 0.102. The van der Waals surface area contributed by atoms with Crippen LogP contribution in [0.1, 0.15) is 16.1 Å². The highest BCUT2D eigenvalue weighted by Crippen LogP contribution is 2.27. The van der Waals surface area contributed by atoms with Gasteiger partial charge in [0.25, 0.3) is 11.1 Å². The molecular weight excluding hydrogens is 390 g/mol. The fourth-order valence-corrected chi connectivity index (χ4v) is 3.38. The van der Waals surface area contributed by atoms with Crippen LogP contribution in [0.4, 0.5) is 5.13 Å². The lowest BCUT2D eigenvalue weighted by atomic mass is 10.0. The van der Waals surface area contributed by atoms with E-state index in [4.69, 9.17) is 9.88 Å². The highest BCUT2D eigenvalue weighted by molar-refractivity contribution is 7.89. The van der Waals surface area contributed by atoms with E-state index in [1.165, 1.54) is 25.4 Å². The predicted octanol–water partition coefficient (Wildman–Crippen LogP) is 1.82. The number of methoxy groups -OCH3 is 1. The number of hydrogen-bond acceptors (Lipinski definition) is 8. The molecular formula is C16H15N5O4S2. The molecule has 0 bridgehead atoms. The average molecular weight is 405 g/mol. The van der Waals surface area contributed by atoms with Gasteiger partial charge in [0.1, 0.15) is 0 Å². The minimum atomic E-state index is -3.79. The van der Waals surface area contributed by atoms with Crippen molar-refractivity contribution in [3.63, 3.8) is 0 Å². The summed E-state index contributed by atoms with van der Waals surface area (Å²) in [5.41, 5.74) is 2.25. The lowest BCUT2D eigenvalue weighted by Crippen LogP contribution is -2.14. The summed E-state index contributed by atoms with van der Waals surface area (Å²) in [5.74, 6) is -0.424. The van der Waals surface area contributed by atoms with Crippen LogP contribution < -0.4 is 15.2 Å². The van der Waals surface area contributed by atoms with Crippen molar-refractivity contribution in [2.75, 3.05) is 12.4 Å². The summed E-state index contributed by atoms with van der Waals surface area (Å²) in [6, 6.07) is 7.68. The zero-order chi connectivity index (χ0) is 19.6. The molecule has 0 unspecified atom stereocenters. The largest absolute Gasteiger partial charge is 0.472 e. The first-order valence-electron chi connectivity index (χ1n) is 7.56. The molecule has 3 aromatic rings. The number of hydrogen-bond donors (Lipinski definition) is 2. The molecule has 140 valence electrons. The number of anilines is 1. The third-order valence-electron chi connectivity index (χ3n) is 3.58. The summed E-state index contributed by atoms with van der Waals surface area (Å²) < 4.78 is 27.8. The van der Waals surface area contributed by atoms with E-state index >= 15 is 0 Å². The molecule has 0 spiro atoms. The fourth-order valence-electron chi connectivity index (χ4n) is 2.31. The summed E-state index contributed by atoms with van der Waals surface area (Å²) in [7, 11) is -2.34. The van der Waals surface area contributed by atoms with Gasteiger partial charge in [-0.05, 0) is 47.6 Å². The number of amides is 1. The first-order chi connectivity index (χ1) is 12.8. The van der Waals surface area contributed by atoms with Gasteiger partial charge in [0, 0.05) is 11.9 Å². The Morgan fingerprint density at radius 2 is 1.93 bits per heavy atom. The number of carbonyl (C=O) groups is 1. The number of aryl methyl sites for hydroxylation is 1. The summed E-state index contributed by atoms with van der Waals surface area (Å²) in [6.07, 6.45) is 1.45. The van der Waals surface area contributed by atoms with Gasteiger partial charge in [-0.1, -0.05) is 17.2 Å². The van der Waals surface area contributed by atoms with Crippen molar-refractivity contribution in [2.45, 2.75) is 11.8 Å². The number of ether oxygens (including phenoxy) is 1. The van der Waals surface area contributed by atoms with Gasteiger partial charge >= 0.3 is 0 Å². The van der Waals surface area contributed by atoms with Crippen molar-refractivity contribution in [3.05, 3.63) is 47.8 Å². The molecule has 0 aliphatic rings. The van der Waals surface area contributed by atoms with Crippen LogP contribution in [0, 0.1) is 6.92 Å². The number of nitrogens with one attached hydrogen (secondary N) is 1. The van der Waals surface area contributed by atoms with E-state index in [-0.39, 0.29) is 10.0 Å². The normalized spacial score (nSPS) is 11.2. The van der Waals surface area contributed by atoms with Gasteiger partial charge in [-0.3, -0.25) is 15.1 Å². The molecule has 0 aliphatic heterocycles. The van der Waals surface area contributed by atoms with E-state index in [1.807, 2.05) is 0 Å². The first-order valence-corrected chi connectivity index (χ1v) is 9.93. The van der Waals surface area contributed by atoms with Gasteiger partial charge in [-0.2, -0.15) is 0 Å². The van der Waals surface area contributed by atoms with Crippen LogP contribution in [0.2, 0.25) is 0 Å². The van der Waals surface area contributed by atoms with Gasteiger partial charge in [0.05, 0.1) is 17.6 Å². The highest BCUT2D eigenvalue weighted by atomic mass is 32.2. The van der Waals surface area contributed by atoms with Gasteiger partial charge in [0.15, 0.2) is 0 Å². The van der Waals surface area contributed by atoms with Crippen LogP contribution in [0.15, 0.2) is 41.4 Å². The summed E-state index contributed by atoms with van der Waals surface area (Å²) >= 11 is 1.09. The summed E-state index contributed by atoms with van der Waals surface area (Å²) in [6.45, 7) is 1.79. The molecule has 1 amide bonds. The van der Waals surface area contributed by atoms with E-state index in [0.717, 1.165) is 11.3 Å². The van der Waals surface area contributed by atoms with E-state index < -0.39 is 15.9 Å². The van der Waals surface area contributed by atoms with Crippen LogP contribution in [0.5, 0.6) is 5.19 Å². The first kappa shape index (κ1) is 18.9. The fraction of sp³-hybridized carbons (Fsp3) is 0.125. The van der Waals surface area contributed by atoms with Crippen molar-refractivity contribution in [1.82, 2.24) is 15.2 Å². The Kier molecular flexibility index (Phi) is 5.17. The Balaban J connectivity index is 1.96. The standard InChI is InChI=1S/C16H15N5O4S2/c1-9-7-12(10-3-5-11(6-4-10)27(17,23)24)13(8-18-9)14(22)19-15-20-21-16(25-2)26-15/h3-8H,1-2H3,(H2,17,23,24)(H,19,20,22). The minimum absolute atomic E-state index is 0.0102. The van der Waals surface area contributed by atoms with Crippen LogP contribution in [-0.4, -0.2) is 36.6 Å². The molecule has 1 aromatic carbocycles. The van der Waals surface area contributed by atoms with Crippen molar-refractivity contribution >= 4 is 32.4 Å². The molecule has 0 saturated carbocycles. The molecule has 0 radical (unpaired) electrons. The van der Waals surface area contributed by atoms with Gasteiger partial charge in [-0.25, -0.2) is 13.6 Å². The molecule has 9 nitrogen and oxygen atoms in total. The van der Waals surface area contributed by atoms with Crippen LogP contribution in [0.25, 0.3) is 11.1 Å². The maximum Gasteiger partial charge on any atom is 0.295 e. The molecule has 11 heteroatoms. The predicted molar refractivity (Wildman–Crippen MR) is 100 cm³/mol. The number of nitrogens with zero attached hydrogens (tertiary/aromatic N) is 3. The molecule has 3 rings (SSSR count). The van der Waals surface area contributed by atoms with Crippen LogP contribution in [-0.2, 0) is 10.0 Å². The minimum Gasteiger partial charge on any atom is -0.472 e. The maximum absolute atomic E-state index is 12.7. The van der Waals surface area contributed by atoms with E-state index in [0.29, 0.717) is 27.6 Å². The summed E-state index contributed by atoms with van der Waals surface area (Å²) in [4.78, 5) is 16.8. The molecule has 0 aliphatic carbocycles. The molecule has 0 fully saturated rings. The zero-order valence-electron chi connectivity index (χ0n) is 14.3. The monoisotopic (exact) mass is 405 g/mol. The van der Waals surface area contributed by atoms with Crippen molar-refractivity contribution in [1.29, 1.82) is 0 Å². The van der Waals surface area contributed by atoms with E-state index in [1.54, 1.807) is 25.1 Å². The Morgan fingerprint density at radius 1 is 1.22 bits per heavy atom. The number of aromatic nitrogens is 3. The van der Waals surface area contributed by atoms with E-state index in [2.05, 4.69) is 20.5 Å². The number of sulfonamides is 1. The Labute approximate surface area is 159 Å². The van der Waals surface area contributed by atoms with Crippen molar-refractivity contribution in [2.24, 2.45) is 5.14 Å². The van der Waals surface area contributed by atoms with Crippen LogP contribution in [0.3, 0.4) is 0 Å². The molecule has 2 aromatic heterocycles. The topological polar surface area (TPSA) is 137 Å². The van der Waals surface area contributed by atoms with Gasteiger partial charge < -0.3 is 4.74 Å². The molecule has 0 saturated heterocycles. The molecule has 0 atom stereocenters. The quantitative estimate of drug-likeness (QED) is 0.660. The maximum atomic E-state index is 12.7. The van der Waals surface area contributed by atoms with Crippen LogP contribution >= 0.6 is 11.3 Å². The van der Waals surface area contributed by atoms with E-state index in [9.17, 15) is 13.2 Å². The number of primary sulfonamides is 1. The number of benzene rings is 1. The van der Waals surface area contributed by atoms with Crippen molar-refractivity contribution in [3.8, 4) is 16.3 Å². The molecule has 27 heavy (non-hydrogen) atoms. The Morgan fingerprint density at radius 3 is 2.52 bits per heavy atom. The SMILES string of the molecule is COc1nnc(NC(=O)c2cnc(C)cc2-c2ccc(S(N)(=O)=O)cc2)s1. The van der Waals surface area contributed by atoms with Gasteiger partial charge in [-0.15, -0.1) is 5.10 Å². The average Bonchev–Trinajstić information content (AvgIpc) is 3.08. The summed E-state index contributed by atoms with van der Waals surface area (Å²) in [5, 5.41) is 16.0. The number of rotatable bonds is 5. The van der Waals surface area contributed by atoms with Gasteiger partial charge in [0.2, 0.25) is 15.2 Å². The smallest absolute Gasteiger partial charge is 0.295 e. The third kappa shape index (κ3) is 4.27. The highest BCUT2D eigenvalue weighted by Gasteiger charge is 2.17. The Hall–Kier alpha value is -2.89. The Bertz CT molecular complexity index is 1090. The molecule has 3 N–H and O–H groups in total. The number of pyridine rings is 1. The second kappa shape index (κ2) is 7.39. The zero-order valence-corrected chi connectivity index (χ0v) is 16.0. The number of nitrogens with two attached hydrogens (primary N) is 1. The lowest BCUT2D eigenvalue weighted by Gasteiger charge is -2.10. The second-order valence-corrected chi connectivity index (χ2v) is 7.97. The number of carbonyl (C=O) groups excluding carboxylic acids is 1. The van der Waals surface area contributed by atoms with Crippen molar-refractivity contribution < 1.29 is 17.9 Å². The second-order valence-electron chi connectivity index (χ2n) is 5.47. The third-order valence-corrected chi connectivity index (χ3v) is 5.31.